The largest absolute Gasteiger partial charge is 0.395 e. The molecule has 0 spiro atoms. The summed E-state index contributed by atoms with van der Waals surface area (Å²) in [5.74, 6) is 0. The summed E-state index contributed by atoms with van der Waals surface area (Å²) in [7, 11) is 2.05. The Morgan fingerprint density at radius 2 is 1.94 bits per heavy atom. The molecule has 3 nitrogen and oxygen atoms in total. The molecule has 0 aliphatic heterocycles. The van der Waals surface area contributed by atoms with Crippen LogP contribution in [0.2, 0.25) is 0 Å². The average Bonchev–Trinajstić information content (AvgIpc) is 2.40. The third-order valence-corrected chi connectivity index (χ3v) is 3.12. The molecule has 1 aromatic carbocycles. The van der Waals surface area contributed by atoms with E-state index in [0.717, 1.165) is 32.5 Å². The molecule has 2 N–H and O–H groups in total. The van der Waals surface area contributed by atoms with Crippen LogP contribution < -0.4 is 5.32 Å². The van der Waals surface area contributed by atoms with Crippen LogP contribution in [0.4, 0.5) is 0 Å². The number of aliphatic hydroxyl groups is 1. The number of aliphatic hydroxyl groups excluding tert-OH is 1. The molecule has 0 aromatic heterocycles. The minimum Gasteiger partial charge on any atom is -0.395 e. The minimum atomic E-state index is 0.231. The molecule has 0 radical (unpaired) electrons. The van der Waals surface area contributed by atoms with Gasteiger partial charge in [0.25, 0.3) is 0 Å². The van der Waals surface area contributed by atoms with Gasteiger partial charge >= 0.3 is 0 Å². The molecule has 18 heavy (non-hydrogen) atoms. The maximum Gasteiger partial charge on any atom is 0.0558 e. The molecule has 0 amide bonds. The smallest absolute Gasteiger partial charge is 0.0558 e. The van der Waals surface area contributed by atoms with Crippen molar-refractivity contribution in [2.45, 2.75) is 25.8 Å². The van der Waals surface area contributed by atoms with Gasteiger partial charge in [-0.3, -0.25) is 0 Å². The Kier molecular flexibility index (Phi) is 7.65. The predicted octanol–water partition coefficient (Wildman–Crippen LogP) is 2.04. The first-order valence-electron chi connectivity index (χ1n) is 6.85. The highest BCUT2D eigenvalue weighted by Gasteiger charge is 2.10. The van der Waals surface area contributed by atoms with Crippen LogP contribution in [0.3, 0.4) is 0 Å². The molecule has 3 heteroatoms. The van der Waals surface area contributed by atoms with Crippen LogP contribution in [0, 0.1) is 0 Å². The summed E-state index contributed by atoms with van der Waals surface area (Å²) in [6, 6.07) is 11.0. The van der Waals surface area contributed by atoms with Crippen molar-refractivity contribution in [2.24, 2.45) is 0 Å². The molecule has 0 bridgehead atoms. The van der Waals surface area contributed by atoms with Crippen molar-refractivity contribution in [3.63, 3.8) is 0 Å². The summed E-state index contributed by atoms with van der Waals surface area (Å²) in [6.45, 7) is 5.21. The monoisotopic (exact) mass is 250 g/mol. The highest BCUT2D eigenvalue weighted by Crippen LogP contribution is 2.16. The minimum absolute atomic E-state index is 0.231. The van der Waals surface area contributed by atoms with E-state index in [2.05, 4.69) is 54.5 Å². The Hall–Kier alpha value is -0.900. The molecule has 1 unspecified atom stereocenters. The number of hydrogen-bond donors (Lipinski definition) is 2. The summed E-state index contributed by atoms with van der Waals surface area (Å²) in [4.78, 5) is 2.17. The van der Waals surface area contributed by atoms with E-state index in [0.29, 0.717) is 6.04 Å². The normalized spacial score (nSPS) is 12.9. The number of nitrogens with one attached hydrogen (secondary N) is 1. The molecule has 102 valence electrons. The van der Waals surface area contributed by atoms with E-state index < -0.39 is 0 Å². The van der Waals surface area contributed by atoms with Crippen LogP contribution >= 0.6 is 0 Å². The van der Waals surface area contributed by atoms with Crippen LogP contribution in [0.25, 0.3) is 0 Å². The lowest BCUT2D eigenvalue weighted by Gasteiger charge is -2.22. The van der Waals surface area contributed by atoms with Gasteiger partial charge in [-0.1, -0.05) is 37.3 Å². The van der Waals surface area contributed by atoms with Gasteiger partial charge in [-0.25, -0.2) is 0 Å². The summed E-state index contributed by atoms with van der Waals surface area (Å²) in [6.07, 6.45) is 2.22. The van der Waals surface area contributed by atoms with Crippen molar-refractivity contribution in [1.82, 2.24) is 10.2 Å². The second kappa shape index (κ2) is 9.09. The molecular weight excluding hydrogens is 224 g/mol. The fourth-order valence-electron chi connectivity index (χ4n) is 2.02. The van der Waals surface area contributed by atoms with Crippen molar-refractivity contribution >= 4 is 0 Å². The number of benzene rings is 1. The number of nitrogens with zero attached hydrogens (tertiary/aromatic N) is 1. The van der Waals surface area contributed by atoms with Crippen molar-refractivity contribution < 1.29 is 5.11 Å². The van der Waals surface area contributed by atoms with Gasteiger partial charge in [0.1, 0.15) is 0 Å². The van der Waals surface area contributed by atoms with Gasteiger partial charge in [-0.2, -0.15) is 0 Å². The summed E-state index contributed by atoms with van der Waals surface area (Å²) in [5.41, 5.74) is 1.35. The molecule has 0 saturated heterocycles. The fraction of sp³-hybridized carbons (Fsp3) is 0.600. The standard InChI is InChI=1S/C15H26N2O/c1-3-10-16-15(9-11-17(2)12-13-18)14-7-5-4-6-8-14/h4-8,15-16,18H,3,9-13H2,1-2H3. The Morgan fingerprint density at radius 3 is 2.56 bits per heavy atom. The molecule has 1 aromatic rings. The third kappa shape index (κ3) is 5.63. The van der Waals surface area contributed by atoms with Gasteiger partial charge in [0.15, 0.2) is 0 Å². The topological polar surface area (TPSA) is 35.5 Å². The van der Waals surface area contributed by atoms with E-state index in [1.54, 1.807) is 0 Å². The van der Waals surface area contributed by atoms with Gasteiger partial charge in [0.2, 0.25) is 0 Å². The first kappa shape index (κ1) is 15.2. The average molecular weight is 250 g/mol. The van der Waals surface area contributed by atoms with E-state index in [-0.39, 0.29) is 6.61 Å². The zero-order valence-electron chi connectivity index (χ0n) is 11.6. The molecule has 0 heterocycles. The lowest BCUT2D eigenvalue weighted by atomic mass is 10.0. The third-order valence-electron chi connectivity index (χ3n) is 3.12. The molecule has 0 fully saturated rings. The first-order chi connectivity index (χ1) is 8.77. The van der Waals surface area contributed by atoms with Crippen LogP contribution in [0.15, 0.2) is 30.3 Å². The zero-order chi connectivity index (χ0) is 13.2. The lowest BCUT2D eigenvalue weighted by Crippen LogP contribution is -2.29. The Balaban J connectivity index is 2.51. The maximum absolute atomic E-state index is 8.90. The van der Waals surface area contributed by atoms with Gasteiger partial charge in [0.05, 0.1) is 6.61 Å². The second-order valence-electron chi connectivity index (χ2n) is 4.73. The van der Waals surface area contributed by atoms with E-state index in [4.69, 9.17) is 5.11 Å². The predicted molar refractivity (Wildman–Crippen MR) is 76.7 cm³/mol. The van der Waals surface area contributed by atoms with Crippen molar-refractivity contribution in [1.29, 1.82) is 0 Å². The van der Waals surface area contributed by atoms with Crippen molar-refractivity contribution in [2.75, 3.05) is 33.3 Å². The molecule has 1 atom stereocenters. The molecule has 1 rings (SSSR count). The van der Waals surface area contributed by atoms with Crippen molar-refractivity contribution in [3.05, 3.63) is 35.9 Å². The first-order valence-corrected chi connectivity index (χ1v) is 6.85. The van der Waals surface area contributed by atoms with Crippen LogP contribution in [0.5, 0.6) is 0 Å². The number of rotatable bonds is 9. The highest BCUT2D eigenvalue weighted by atomic mass is 16.3. The van der Waals surface area contributed by atoms with Crippen molar-refractivity contribution in [3.8, 4) is 0 Å². The molecule has 0 saturated carbocycles. The van der Waals surface area contributed by atoms with Gasteiger partial charge in [-0.15, -0.1) is 0 Å². The van der Waals surface area contributed by atoms with E-state index in [1.807, 2.05) is 0 Å². The SMILES string of the molecule is CCCNC(CCN(C)CCO)c1ccccc1. The summed E-state index contributed by atoms with van der Waals surface area (Å²) < 4.78 is 0. The Labute approximate surface area is 111 Å². The lowest BCUT2D eigenvalue weighted by molar-refractivity contribution is 0.215. The van der Waals surface area contributed by atoms with Crippen LogP contribution in [-0.4, -0.2) is 43.3 Å². The zero-order valence-corrected chi connectivity index (χ0v) is 11.6. The summed E-state index contributed by atoms with van der Waals surface area (Å²) in [5, 5.41) is 12.5. The van der Waals surface area contributed by atoms with Crippen LogP contribution in [-0.2, 0) is 0 Å². The van der Waals surface area contributed by atoms with Crippen LogP contribution in [0.1, 0.15) is 31.4 Å². The maximum atomic E-state index is 8.90. The molecular formula is C15H26N2O. The highest BCUT2D eigenvalue weighted by molar-refractivity contribution is 5.18. The van der Waals surface area contributed by atoms with Gasteiger partial charge in [0, 0.05) is 12.6 Å². The number of hydrogen-bond acceptors (Lipinski definition) is 3. The van der Waals surface area contributed by atoms with Gasteiger partial charge in [-0.05, 0) is 38.5 Å². The number of likely N-dealkylation sites (N-methyl/N-ethyl adjacent to an activating group) is 1. The molecule has 0 aliphatic carbocycles. The Bertz CT molecular complexity index is 303. The summed E-state index contributed by atoms with van der Waals surface area (Å²) >= 11 is 0. The van der Waals surface area contributed by atoms with E-state index in [1.165, 1.54) is 5.56 Å². The second-order valence-corrected chi connectivity index (χ2v) is 4.73. The van der Waals surface area contributed by atoms with E-state index in [9.17, 15) is 0 Å². The molecule has 0 aliphatic rings. The Morgan fingerprint density at radius 1 is 1.22 bits per heavy atom. The fourth-order valence-corrected chi connectivity index (χ4v) is 2.02. The van der Waals surface area contributed by atoms with Gasteiger partial charge < -0.3 is 15.3 Å². The quantitative estimate of drug-likeness (QED) is 0.704. The van der Waals surface area contributed by atoms with E-state index >= 15 is 0 Å².